The highest BCUT2D eigenvalue weighted by Gasteiger charge is 2.34. The van der Waals surface area contributed by atoms with Gasteiger partial charge in [-0.2, -0.15) is 0 Å². The van der Waals surface area contributed by atoms with E-state index in [-0.39, 0.29) is 11.8 Å². The lowest BCUT2D eigenvalue weighted by molar-refractivity contribution is -0.303. The average molecular weight is 384 g/mol. The fourth-order valence-electron chi connectivity index (χ4n) is 3.19. The molecule has 0 saturated carbocycles. The zero-order chi connectivity index (χ0) is 19.6. The van der Waals surface area contributed by atoms with Gasteiger partial charge in [-0.3, -0.25) is 9.79 Å². The number of carbonyl (C=O) groups is 2. The Morgan fingerprint density at radius 3 is 2.59 bits per heavy atom. The zero-order valence-electron chi connectivity index (χ0n) is 15.2. The SMILES string of the molecule is CCC(C)C1N=C(c2ccccc2)c2cc(Cl)ccc2N(CC(=O)[O-])C1=O. The Morgan fingerprint density at radius 2 is 1.96 bits per heavy atom. The Morgan fingerprint density at radius 1 is 1.26 bits per heavy atom. The number of anilines is 1. The number of benzodiazepines with no additional fused rings is 1. The zero-order valence-corrected chi connectivity index (χ0v) is 15.9. The number of benzene rings is 2. The molecule has 2 aromatic carbocycles. The van der Waals surface area contributed by atoms with Crippen LogP contribution in [0.15, 0.2) is 53.5 Å². The molecule has 0 fully saturated rings. The first-order valence-corrected chi connectivity index (χ1v) is 9.24. The summed E-state index contributed by atoms with van der Waals surface area (Å²) in [6.07, 6.45) is 0.734. The molecule has 0 aromatic heterocycles. The Bertz CT molecular complexity index is 896. The van der Waals surface area contributed by atoms with Gasteiger partial charge < -0.3 is 14.8 Å². The van der Waals surface area contributed by atoms with Gasteiger partial charge in [0.1, 0.15) is 6.04 Å². The van der Waals surface area contributed by atoms with Crippen LogP contribution in [0.3, 0.4) is 0 Å². The van der Waals surface area contributed by atoms with Crippen LogP contribution in [0, 0.1) is 5.92 Å². The Balaban J connectivity index is 2.27. The number of carbonyl (C=O) groups excluding carboxylic acids is 2. The van der Waals surface area contributed by atoms with Gasteiger partial charge in [-0.25, -0.2) is 0 Å². The molecule has 1 heterocycles. The maximum Gasteiger partial charge on any atom is 0.252 e. The van der Waals surface area contributed by atoms with Gasteiger partial charge in [0.25, 0.3) is 5.91 Å². The fraction of sp³-hybridized carbons (Fsp3) is 0.286. The largest absolute Gasteiger partial charge is 0.548 e. The molecule has 0 radical (unpaired) electrons. The van der Waals surface area contributed by atoms with E-state index in [1.54, 1.807) is 18.2 Å². The Kier molecular flexibility index (Phi) is 5.61. The van der Waals surface area contributed by atoms with Crippen LogP contribution in [-0.4, -0.2) is 30.2 Å². The van der Waals surface area contributed by atoms with Crippen molar-refractivity contribution in [2.75, 3.05) is 11.4 Å². The van der Waals surface area contributed by atoms with E-state index in [9.17, 15) is 14.7 Å². The average Bonchev–Trinajstić information content (AvgIpc) is 2.77. The lowest BCUT2D eigenvalue weighted by atomic mass is 9.98. The minimum atomic E-state index is -1.32. The number of hydrogen-bond donors (Lipinski definition) is 0. The summed E-state index contributed by atoms with van der Waals surface area (Å²) in [5.74, 6) is -1.72. The molecular formula is C21H20ClN2O3-. The molecule has 0 saturated heterocycles. The van der Waals surface area contributed by atoms with E-state index in [1.807, 2.05) is 44.2 Å². The summed E-state index contributed by atoms with van der Waals surface area (Å²) in [5.41, 5.74) is 2.58. The molecule has 2 atom stereocenters. The van der Waals surface area contributed by atoms with Crippen molar-refractivity contribution in [1.82, 2.24) is 0 Å². The molecule has 0 spiro atoms. The molecule has 1 amide bonds. The van der Waals surface area contributed by atoms with Crippen LogP contribution in [0.5, 0.6) is 0 Å². The van der Waals surface area contributed by atoms with E-state index >= 15 is 0 Å². The molecule has 140 valence electrons. The third kappa shape index (κ3) is 3.88. The topological polar surface area (TPSA) is 72.8 Å². The second kappa shape index (κ2) is 7.92. The Hall–Kier alpha value is -2.66. The van der Waals surface area contributed by atoms with Gasteiger partial charge in [0.15, 0.2) is 0 Å². The molecule has 2 aromatic rings. The third-order valence-corrected chi connectivity index (χ3v) is 5.04. The Labute approximate surface area is 163 Å². The first-order chi connectivity index (χ1) is 12.9. The minimum absolute atomic E-state index is 0.0507. The second-order valence-corrected chi connectivity index (χ2v) is 7.07. The number of aliphatic imine (C=N–C) groups is 1. The number of amides is 1. The van der Waals surface area contributed by atoms with Gasteiger partial charge in [0, 0.05) is 16.1 Å². The predicted octanol–water partition coefficient (Wildman–Crippen LogP) is 2.69. The number of hydrogen-bond acceptors (Lipinski definition) is 4. The highest BCUT2D eigenvalue weighted by Crippen LogP contribution is 2.32. The third-order valence-electron chi connectivity index (χ3n) is 4.81. The lowest BCUT2D eigenvalue weighted by Crippen LogP contribution is -2.46. The van der Waals surface area contributed by atoms with Crippen LogP contribution < -0.4 is 10.0 Å². The molecule has 0 N–H and O–H groups in total. The second-order valence-electron chi connectivity index (χ2n) is 6.63. The van der Waals surface area contributed by atoms with Crippen LogP contribution in [0.4, 0.5) is 5.69 Å². The summed E-state index contributed by atoms with van der Waals surface area (Å²) in [7, 11) is 0. The maximum absolute atomic E-state index is 13.2. The van der Waals surface area contributed by atoms with Gasteiger partial charge in [-0.05, 0) is 24.1 Å². The van der Waals surface area contributed by atoms with Crippen LogP contribution in [0.1, 0.15) is 31.4 Å². The number of fused-ring (bicyclic) bond motifs is 1. The van der Waals surface area contributed by atoms with E-state index < -0.39 is 18.6 Å². The normalized spacial score (nSPS) is 17.7. The minimum Gasteiger partial charge on any atom is -0.548 e. The fourth-order valence-corrected chi connectivity index (χ4v) is 3.36. The van der Waals surface area contributed by atoms with E-state index in [4.69, 9.17) is 16.6 Å². The highest BCUT2D eigenvalue weighted by molar-refractivity contribution is 6.32. The lowest BCUT2D eigenvalue weighted by Gasteiger charge is -2.27. The van der Waals surface area contributed by atoms with Crippen LogP contribution in [-0.2, 0) is 9.59 Å². The summed E-state index contributed by atoms with van der Waals surface area (Å²) < 4.78 is 0. The summed E-state index contributed by atoms with van der Waals surface area (Å²) >= 11 is 6.21. The van der Waals surface area contributed by atoms with Crippen molar-refractivity contribution < 1.29 is 14.7 Å². The standard InChI is InChI=1S/C21H21ClN2O3/c1-3-13(2)19-21(27)24(12-18(25)26)17-10-9-15(22)11-16(17)20(23-19)14-7-5-4-6-8-14/h4-11,13,19H,3,12H2,1-2H3,(H,25,26)/p-1. The molecular weight excluding hydrogens is 364 g/mol. The van der Waals surface area contributed by atoms with Crippen molar-refractivity contribution >= 4 is 34.9 Å². The predicted molar refractivity (Wildman–Crippen MR) is 104 cm³/mol. The van der Waals surface area contributed by atoms with Gasteiger partial charge in [-0.15, -0.1) is 0 Å². The van der Waals surface area contributed by atoms with Crippen molar-refractivity contribution in [3.63, 3.8) is 0 Å². The van der Waals surface area contributed by atoms with Crippen molar-refractivity contribution in [3.05, 3.63) is 64.7 Å². The van der Waals surface area contributed by atoms with Crippen LogP contribution in [0.2, 0.25) is 5.02 Å². The van der Waals surface area contributed by atoms with Crippen molar-refractivity contribution in [3.8, 4) is 0 Å². The quantitative estimate of drug-likeness (QED) is 0.796. The van der Waals surface area contributed by atoms with Gasteiger partial charge in [0.05, 0.1) is 23.9 Å². The molecule has 6 heteroatoms. The maximum atomic E-state index is 13.2. The molecule has 1 aliphatic heterocycles. The number of aliphatic carboxylic acids is 1. The van der Waals surface area contributed by atoms with E-state index in [1.165, 1.54) is 4.90 Å². The van der Waals surface area contributed by atoms with Crippen molar-refractivity contribution in [2.45, 2.75) is 26.3 Å². The molecule has 3 rings (SSSR count). The first kappa shape index (κ1) is 19.1. The van der Waals surface area contributed by atoms with Crippen LogP contribution >= 0.6 is 11.6 Å². The van der Waals surface area contributed by atoms with E-state index in [0.29, 0.717) is 22.0 Å². The summed E-state index contributed by atoms with van der Waals surface area (Å²) in [6, 6.07) is 13.9. The number of nitrogens with zero attached hydrogens (tertiary/aromatic N) is 2. The number of carboxylic acid groups (broad SMARTS) is 1. The van der Waals surface area contributed by atoms with Crippen molar-refractivity contribution in [1.29, 1.82) is 0 Å². The summed E-state index contributed by atoms with van der Waals surface area (Å²) in [6.45, 7) is 3.39. The smallest absolute Gasteiger partial charge is 0.252 e. The van der Waals surface area contributed by atoms with Gasteiger partial charge >= 0.3 is 0 Å². The van der Waals surface area contributed by atoms with E-state index in [2.05, 4.69) is 0 Å². The number of rotatable bonds is 5. The summed E-state index contributed by atoms with van der Waals surface area (Å²) in [4.78, 5) is 30.6. The van der Waals surface area contributed by atoms with Crippen LogP contribution in [0.25, 0.3) is 0 Å². The van der Waals surface area contributed by atoms with Gasteiger partial charge in [-0.1, -0.05) is 62.2 Å². The van der Waals surface area contributed by atoms with Gasteiger partial charge in [0.2, 0.25) is 0 Å². The first-order valence-electron chi connectivity index (χ1n) is 8.86. The van der Waals surface area contributed by atoms with E-state index in [0.717, 1.165) is 12.0 Å². The molecule has 0 bridgehead atoms. The monoisotopic (exact) mass is 383 g/mol. The molecule has 27 heavy (non-hydrogen) atoms. The number of halogens is 1. The molecule has 1 aliphatic rings. The summed E-state index contributed by atoms with van der Waals surface area (Å²) in [5, 5.41) is 11.8. The molecule has 5 nitrogen and oxygen atoms in total. The number of carboxylic acids is 1. The molecule has 2 unspecified atom stereocenters. The highest BCUT2D eigenvalue weighted by atomic mass is 35.5. The van der Waals surface area contributed by atoms with Crippen molar-refractivity contribution in [2.24, 2.45) is 10.9 Å². The molecule has 0 aliphatic carbocycles.